The van der Waals surface area contributed by atoms with E-state index < -0.39 is 10.9 Å². The molecule has 104 valence electrons. The van der Waals surface area contributed by atoms with Crippen LogP contribution in [0.2, 0.25) is 0 Å². The first-order chi connectivity index (χ1) is 9.47. The molecule has 1 aromatic heterocycles. The number of hydrogen-bond acceptors (Lipinski definition) is 6. The Balaban J connectivity index is 2.14. The third-order valence-electron chi connectivity index (χ3n) is 2.55. The second-order valence-corrected chi connectivity index (χ2v) is 4.94. The molecule has 1 aromatic carbocycles. The first kappa shape index (κ1) is 13.9. The average molecular weight is 293 g/mol. The van der Waals surface area contributed by atoms with E-state index in [0.717, 1.165) is 0 Å². The molecule has 0 aliphatic heterocycles. The summed E-state index contributed by atoms with van der Waals surface area (Å²) in [6, 6.07) is 5.87. The highest BCUT2D eigenvalue weighted by Crippen LogP contribution is 2.24. The van der Waals surface area contributed by atoms with Crippen LogP contribution in [0.1, 0.15) is 28.5 Å². The molecule has 7 nitrogen and oxygen atoms in total. The van der Waals surface area contributed by atoms with Crippen LogP contribution in [0, 0.1) is 10.1 Å². The van der Waals surface area contributed by atoms with E-state index in [-0.39, 0.29) is 17.4 Å². The van der Waals surface area contributed by atoms with Crippen molar-refractivity contribution in [3.05, 3.63) is 50.5 Å². The van der Waals surface area contributed by atoms with Crippen molar-refractivity contribution < 1.29 is 14.8 Å². The molecule has 0 amide bonds. The maximum Gasteiger partial charge on any atom is 0.355 e. The number of hydrogen-bond donors (Lipinski definition) is 2. The number of carbonyl (C=O) groups is 1. The van der Waals surface area contributed by atoms with E-state index in [4.69, 9.17) is 5.11 Å². The van der Waals surface area contributed by atoms with Crippen LogP contribution in [0.15, 0.2) is 29.6 Å². The van der Waals surface area contributed by atoms with Crippen LogP contribution in [-0.2, 0) is 0 Å². The van der Waals surface area contributed by atoms with Gasteiger partial charge in [-0.05, 0) is 13.0 Å². The lowest BCUT2D eigenvalue weighted by atomic mass is 10.2. The fourth-order valence-corrected chi connectivity index (χ4v) is 2.41. The molecular formula is C12H11N3O4S. The summed E-state index contributed by atoms with van der Waals surface area (Å²) in [5.74, 6) is -1.07. The lowest BCUT2D eigenvalue weighted by molar-refractivity contribution is -0.384. The molecule has 2 N–H and O–H groups in total. The van der Waals surface area contributed by atoms with E-state index >= 15 is 0 Å². The van der Waals surface area contributed by atoms with Crippen LogP contribution < -0.4 is 5.32 Å². The number of aromatic carboxylic acids is 1. The van der Waals surface area contributed by atoms with Crippen LogP contribution in [-0.4, -0.2) is 21.0 Å². The van der Waals surface area contributed by atoms with Gasteiger partial charge < -0.3 is 10.4 Å². The predicted octanol–water partition coefficient (Wildman–Crippen LogP) is 2.92. The maximum absolute atomic E-state index is 10.8. The summed E-state index contributed by atoms with van der Waals surface area (Å²) in [4.78, 5) is 25.0. The number of nitrogens with one attached hydrogen (secondary N) is 1. The van der Waals surface area contributed by atoms with Crippen molar-refractivity contribution in [2.75, 3.05) is 5.32 Å². The van der Waals surface area contributed by atoms with E-state index in [1.54, 1.807) is 12.1 Å². The van der Waals surface area contributed by atoms with E-state index in [1.165, 1.54) is 28.8 Å². The molecule has 1 atom stereocenters. The van der Waals surface area contributed by atoms with E-state index in [0.29, 0.717) is 10.7 Å². The molecule has 8 heteroatoms. The Hall–Kier alpha value is -2.48. The minimum atomic E-state index is -1.07. The standard InChI is InChI=1S/C12H11N3O4S/c1-7(11-14-10(6-20-11)12(16)17)13-8-3-2-4-9(5-8)15(18)19/h2-7,13H,1H3,(H,16,17). The Bertz CT molecular complexity index is 656. The number of aromatic nitrogens is 1. The van der Waals surface area contributed by atoms with E-state index in [2.05, 4.69) is 10.3 Å². The van der Waals surface area contributed by atoms with E-state index in [9.17, 15) is 14.9 Å². The molecule has 2 aromatic rings. The van der Waals surface area contributed by atoms with Gasteiger partial charge in [0, 0.05) is 23.2 Å². The summed E-state index contributed by atoms with van der Waals surface area (Å²) >= 11 is 1.23. The Kier molecular flexibility index (Phi) is 3.94. The van der Waals surface area contributed by atoms with Crippen LogP contribution in [0.4, 0.5) is 11.4 Å². The highest BCUT2D eigenvalue weighted by Gasteiger charge is 2.14. The zero-order valence-electron chi connectivity index (χ0n) is 10.4. The Labute approximate surface area is 118 Å². The zero-order valence-corrected chi connectivity index (χ0v) is 11.3. The van der Waals surface area contributed by atoms with Crippen LogP contribution in [0.5, 0.6) is 0 Å². The van der Waals surface area contributed by atoms with Crippen molar-refractivity contribution in [3.63, 3.8) is 0 Å². The molecule has 1 heterocycles. The average Bonchev–Trinajstić information content (AvgIpc) is 2.88. The summed E-state index contributed by atoms with van der Waals surface area (Å²) in [5, 5.41) is 24.6. The molecule has 2 rings (SSSR count). The molecule has 0 saturated carbocycles. The Morgan fingerprint density at radius 3 is 2.90 bits per heavy atom. The number of carboxylic acid groups (broad SMARTS) is 1. The van der Waals surface area contributed by atoms with Crippen LogP contribution in [0.3, 0.4) is 0 Å². The summed E-state index contributed by atoms with van der Waals surface area (Å²) in [6.07, 6.45) is 0. The number of thiazole rings is 1. The number of anilines is 1. The van der Waals surface area contributed by atoms with Gasteiger partial charge in [-0.2, -0.15) is 0 Å². The lowest BCUT2D eigenvalue weighted by Gasteiger charge is -2.12. The van der Waals surface area contributed by atoms with Gasteiger partial charge in [-0.3, -0.25) is 10.1 Å². The second-order valence-electron chi connectivity index (χ2n) is 4.05. The van der Waals surface area contributed by atoms with Crippen molar-refractivity contribution in [2.24, 2.45) is 0 Å². The molecule has 0 bridgehead atoms. The maximum atomic E-state index is 10.8. The van der Waals surface area contributed by atoms with Gasteiger partial charge in [0.15, 0.2) is 5.69 Å². The summed E-state index contributed by atoms with van der Waals surface area (Å²) < 4.78 is 0. The number of nitro benzene ring substituents is 1. The van der Waals surface area contributed by atoms with Crippen molar-refractivity contribution >= 4 is 28.7 Å². The van der Waals surface area contributed by atoms with Gasteiger partial charge in [0.05, 0.1) is 11.0 Å². The number of carboxylic acids is 1. The van der Waals surface area contributed by atoms with Gasteiger partial charge in [-0.15, -0.1) is 11.3 Å². The fraction of sp³-hybridized carbons (Fsp3) is 0.167. The number of nitrogens with zero attached hydrogens (tertiary/aromatic N) is 2. The molecule has 0 fully saturated rings. The number of nitro groups is 1. The predicted molar refractivity (Wildman–Crippen MR) is 74.2 cm³/mol. The molecule has 0 radical (unpaired) electrons. The molecular weight excluding hydrogens is 282 g/mol. The highest BCUT2D eigenvalue weighted by atomic mass is 32.1. The first-order valence-electron chi connectivity index (χ1n) is 5.67. The Morgan fingerprint density at radius 2 is 2.30 bits per heavy atom. The largest absolute Gasteiger partial charge is 0.476 e. The van der Waals surface area contributed by atoms with Gasteiger partial charge in [0.2, 0.25) is 0 Å². The van der Waals surface area contributed by atoms with Gasteiger partial charge in [0.25, 0.3) is 5.69 Å². The second kappa shape index (κ2) is 5.66. The van der Waals surface area contributed by atoms with Gasteiger partial charge >= 0.3 is 5.97 Å². The first-order valence-corrected chi connectivity index (χ1v) is 6.55. The topological polar surface area (TPSA) is 105 Å². The Morgan fingerprint density at radius 1 is 1.55 bits per heavy atom. The number of non-ortho nitro benzene ring substituents is 1. The van der Waals surface area contributed by atoms with Crippen molar-refractivity contribution in [3.8, 4) is 0 Å². The summed E-state index contributed by atoms with van der Waals surface area (Å²) in [5.41, 5.74) is 0.573. The summed E-state index contributed by atoms with van der Waals surface area (Å²) in [7, 11) is 0. The lowest BCUT2D eigenvalue weighted by Crippen LogP contribution is -2.07. The minimum absolute atomic E-state index is 0.00214. The smallest absolute Gasteiger partial charge is 0.355 e. The van der Waals surface area contributed by atoms with E-state index in [1.807, 2.05) is 6.92 Å². The molecule has 20 heavy (non-hydrogen) atoms. The molecule has 0 spiro atoms. The number of benzene rings is 1. The fourth-order valence-electron chi connectivity index (χ4n) is 1.61. The van der Waals surface area contributed by atoms with Crippen molar-refractivity contribution in [1.82, 2.24) is 4.98 Å². The number of rotatable bonds is 5. The van der Waals surface area contributed by atoms with Crippen LogP contribution >= 0.6 is 11.3 Å². The third kappa shape index (κ3) is 3.09. The van der Waals surface area contributed by atoms with Gasteiger partial charge in [-0.25, -0.2) is 9.78 Å². The van der Waals surface area contributed by atoms with Gasteiger partial charge in [-0.1, -0.05) is 6.07 Å². The normalized spacial score (nSPS) is 11.8. The molecule has 0 aliphatic rings. The SMILES string of the molecule is CC(Nc1cccc([N+](=O)[O-])c1)c1nc(C(=O)O)cs1. The van der Waals surface area contributed by atoms with Crippen LogP contribution in [0.25, 0.3) is 0 Å². The zero-order chi connectivity index (χ0) is 14.7. The molecule has 1 unspecified atom stereocenters. The minimum Gasteiger partial charge on any atom is -0.476 e. The summed E-state index contributed by atoms with van der Waals surface area (Å²) in [6.45, 7) is 1.81. The van der Waals surface area contributed by atoms with Gasteiger partial charge in [0.1, 0.15) is 5.01 Å². The van der Waals surface area contributed by atoms with Crippen molar-refractivity contribution in [2.45, 2.75) is 13.0 Å². The highest BCUT2D eigenvalue weighted by molar-refractivity contribution is 7.09. The molecule has 0 saturated heterocycles. The molecule has 0 aliphatic carbocycles. The monoisotopic (exact) mass is 293 g/mol. The van der Waals surface area contributed by atoms with Crippen molar-refractivity contribution in [1.29, 1.82) is 0 Å². The third-order valence-corrected chi connectivity index (χ3v) is 3.58. The quantitative estimate of drug-likeness (QED) is 0.648.